The second kappa shape index (κ2) is 17.2. The van der Waals surface area contributed by atoms with E-state index in [1.54, 1.807) is 0 Å². The molecule has 1 aromatic heterocycles. The third kappa shape index (κ3) is 7.81. The molecule has 7 aromatic carbocycles. The van der Waals surface area contributed by atoms with Gasteiger partial charge in [-0.3, -0.25) is 0 Å². The summed E-state index contributed by atoms with van der Waals surface area (Å²) in [6.45, 7) is 11.4. The molecule has 0 saturated heterocycles. The third-order valence-electron chi connectivity index (χ3n) is 14.2. The van der Waals surface area contributed by atoms with Gasteiger partial charge in [0.2, 0.25) is 0 Å². The molecule has 0 atom stereocenters. The third-order valence-corrected chi connectivity index (χ3v) is 14.2. The molecule has 12 rings (SSSR count). The zero-order valence-electron chi connectivity index (χ0n) is 40.8. The Morgan fingerprint density at radius 1 is 0.300 bits per heavy atom. The van der Waals surface area contributed by atoms with Crippen molar-refractivity contribution >= 4 is 73.0 Å². The van der Waals surface area contributed by atoms with E-state index in [9.17, 15) is 0 Å². The molecule has 4 aliphatic heterocycles. The van der Waals surface area contributed by atoms with E-state index in [1.165, 1.54) is 55.8 Å². The van der Waals surface area contributed by atoms with Gasteiger partial charge < -0.3 is 48.7 Å². The first-order valence-corrected chi connectivity index (χ1v) is 24.2. The number of hydrogen-bond donors (Lipinski definition) is 0. The topological polar surface area (TPSA) is 34.1 Å². The predicted octanol–water partition coefficient (Wildman–Crippen LogP) is 13.1. The van der Waals surface area contributed by atoms with Crippen LogP contribution in [0.25, 0.3) is 27.5 Å². The first-order chi connectivity index (χ1) is 34.1. The molecule has 0 bridgehead atoms. The van der Waals surface area contributed by atoms with Gasteiger partial charge in [-0.2, -0.15) is 0 Å². The molecule has 0 N–H and O–H groups in total. The fraction of sp³-hybridized carbons (Fsp3) is 0.167. The molecular formula is C60H58N10. The maximum Gasteiger partial charge on any atom is 0.0990 e. The number of nitrogens with zero attached hydrogens (tertiary/aromatic N) is 10. The van der Waals surface area contributed by atoms with Crippen LogP contribution in [0.4, 0.5) is 51.2 Å². The first-order valence-electron chi connectivity index (χ1n) is 24.2. The molecule has 0 fully saturated rings. The van der Waals surface area contributed by atoms with Gasteiger partial charge in [-0.15, -0.1) is 0 Å². The molecule has 0 aliphatic carbocycles. The van der Waals surface area contributed by atoms with Crippen LogP contribution in [0.3, 0.4) is 0 Å². The van der Waals surface area contributed by atoms with E-state index in [4.69, 9.17) is 0 Å². The van der Waals surface area contributed by atoms with Crippen LogP contribution in [-0.2, 0) is 0 Å². The van der Waals surface area contributed by atoms with Crippen LogP contribution >= 0.6 is 0 Å². The minimum Gasteiger partial charge on any atom is -0.374 e. The zero-order chi connectivity index (χ0) is 47.6. The molecular weight excluding hydrogens is 861 g/mol. The van der Waals surface area contributed by atoms with E-state index in [0.29, 0.717) is 13.3 Å². The number of aromatic nitrogens is 1. The van der Waals surface area contributed by atoms with E-state index < -0.39 is 0 Å². The molecule has 70 heavy (non-hydrogen) atoms. The number of rotatable bonds is 10. The summed E-state index contributed by atoms with van der Waals surface area (Å²) in [4.78, 5) is 21.0. The quantitative estimate of drug-likeness (QED) is 0.133. The number of anilines is 9. The fourth-order valence-corrected chi connectivity index (χ4v) is 10.2. The Hall–Kier alpha value is -8.50. The van der Waals surface area contributed by atoms with Gasteiger partial charge in [0.15, 0.2) is 0 Å². The van der Waals surface area contributed by atoms with Crippen molar-refractivity contribution in [3.63, 3.8) is 0 Å². The van der Waals surface area contributed by atoms with Crippen LogP contribution in [0.1, 0.15) is 22.3 Å². The van der Waals surface area contributed by atoms with E-state index >= 15 is 0 Å². The zero-order valence-corrected chi connectivity index (χ0v) is 40.8. The normalized spacial score (nSPS) is 15.5. The van der Waals surface area contributed by atoms with Gasteiger partial charge in [-0.25, -0.2) is 0 Å². The second-order valence-corrected chi connectivity index (χ2v) is 19.3. The summed E-state index contributed by atoms with van der Waals surface area (Å²) in [5.41, 5.74) is 18.8. The Balaban J connectivity index is 1.01. The van der Waals surface area contributed by atoms with Gasteiger partial charge in [-0.1, -0.05) is 82.9 Å². The summed E-state index contributed by atoms with van der Waals surface area (Å²) < 4.78 is 2.51. The average Bonchev–Trinajstić information content (AvgIpc) is 4.25. The van der Waals surface area contributed by atoms with Gasteiger partial charge in [0, 0.05) is 109 Å². The molecule has 10 nitrogen and oxygen atoms in total. The molecule has 10 heteroatoms. The Morgan fingerprint density at radius 2 is 0.571 bits per heavy atom. The maximum atomic E-state index is 2.51. The van der Waals surface area contributed by atoms with Crippen LogP contribution in [0.5, 0.6) is 0 Å². The number of benzene rings is 7. The minimum absolute atomic E-state index is 0.678. The standard InChI is InChI=1S/C60H58N10/c1-43-7-15-47(16-8-43)62-27-29-66(39-62)51-23-25-54-55-26-24-52(67-30-28-63(40-67)48-17-9-44(2)10-18-48)36-57(55)70(56(54)35-51)53-37-58(68-33-31-64(41-68)49-19-11-45(3)12-20-49)60(61(5)6)59(38-53)69-34-32-65(42-69)50-21-13-46(4)14-22-50/h7-38H,39-42H2,1-6H3. The Bertz CT molecular complexity index is 3170. The Morgan fingerprint density at radius 3 is 0.886 bits per heavy atom. The average molecular weight is 919 g/mol. The van der Waals surface area contributed by atoms with E-state index in [0.717, 1.165) is 58.5 Å². The van der Waals surface area contributed by atoms with Crippen molar-refractivity contribution < 1.29 is 0 Å². The smallest absolute Gasteiger partial charge is 0.0990 e. The van der Waals surface area contributed by atoms with Crippen molar-refractivity contribution in [3.05, 3.63) is 217 Å². The lowest BCUT2D eigenvalue weighted by molar-refractivity contribution is 0.948. The lowest BCUT2D eigenvalue weighted by Gasteiger charge is -2.32. The molecule has 0 amide bonds. The van der Waals surface area contributed by atoms with Crippen molar-refractivity contribution in [1.82, 2.24) is 4.57 Å². The van der Waals surface area contributed by atoms with Crippen molar-refractivity contribution in [2.75, 3.05) is 84.9 Å². The highest BCUT2D eigenvalue weighted by molar-refractivity contribution is 6.11. The molecule has 0 radical (unpaired) electrons. The maximum absolute atomic E-state index is 2.51. The summed E-state index contributed by atoms with van der Waals surface area (Å²) in [6, 6.07) is 53.9. The Labute approximate surface area is 411 Å². The highest BCUT2D eigenvalue weighted by Gasteiger charge is 2.29. The summed E-state index contributed by atoms with van der Waals surface area (Å²) >= 11 is 0. The second-order valence-electron chi connectivity index (χ2n) is 19.3. The molecule has 4 aliphatic rings. The monoisotopic (exact) mass is 918 g/mol. The van der Waals surface area contributed by atoms with Crippen LogP contribution in [0, 0.1) is 27.7 Å². The van der Waals surface area contributed by atoms with Crippen LogP contribution in [0.15, 0.2) is 195 Å². The van der Waals surface area contributed by atoms with Crippen molar-refractivity contribution in [2.24, 2.45) is 0 Å². The summed E-state index contributed by atoms with van der Waals surface area (Å²) in [5.74, 6) is 0. The molecule has 0 saturated carbocycles. The summed E-state index contributed by atoms with van der Waals surface area (Å²) in [7, 11) is 4.34. The molecule has 8 aromatic rings. The van der Waals surface area contributed by atoms with Gasteiger partial charge >= 0.3 is 0 Å². The summed E-state index contributed by atoms with van der Waals surface area (Å²) in [6.07, 6.45) is 17.6. The highest BCUT2D eigenvalue weighted by Crippen LogP contribution is 2.46. The van der Waals surface area contributed by atoms with Gasteiger partial charge in [0.05, 0.1) is 60.5 Å². The SMILES string of the molecule is Cc1ccc(N2C=CN(c3ccc4c5ccc(N6C=CN(c7ccc(C)cc7)C6)cc5n(-c5cc(N6C=CN(c7ccc(C)cc7)C6)c(N(C)C)c(N6C=CN(c7ccc(C)cc7)C6)c5)c4c3)C2)cc1. The van der Waals surface area contributed by atoms with Gasteiger partial charge in [0.25, 0.3) is 0 Å². The highest BCUT2D eigenvalue weighted by atomic mass is 15.4. The molecule has 0 unspecified atom stereocenters. The molecule has 0 spiro atoms. The minimum atomic E-state index is 0.678. The van der Waals surface area contributed by atoms with Crippen LogP contribution in [-0.4, -0.2) is 45.3 Å². The van der Waals surface area contributed by atoms with E-state index in [-0.39, 0.29) is 0 Å². The lowest BCUT2D eigenvalue weighted by atomic mass is 10.1. The predicted molar refractivity (Wildman–Crippen MR) is 296 cm³/mol. The number of fused-ring (bicyclic) bond motifs is 3. The Kier molecular flexibility index (Phi) is 10.5. The molecule has 5 heterocycles. The van der Waals surface area contributed by atoms with Gasteiger partial charge in [0.1, 0.15) is 0 Å². The van der Waals surface area contributed by atoms with Crippen molar-refractivity contribution in [2.45, 2.75) is 27.7 Å². The van der Waals surface area contributed by atoms with Crippen molar-refractivity contribution in [1.29, 1.82) is 0 Å². The van der Waals surface area contributed by atoms with Crippen molar-refractivity contribution in [3.8, 4) is 5.69 Å². The number of aryl methyl sites for hydroxylation is 4. The largest absolute Gasteiger partial charge is 0.374 e. The summed E-state index contributed by atoms with van der Waals surface area (Å²) in [5, 5.41) is 2.42. The van der Waals surface area contributed by atoms with E-state index in [1.807, 2.05) is 0 Å². The van der Waals surface area contributed by atoms with Crippen LogP contribution in [0.2, 0.25) is 0 Å². The lowest BCUT2D eigenvalue weighted by Crippen LogP contribution is -2.29. The number of hydrogen-bond acceptors (Lipinski definition) is 9. The van der Waals surface area contributed by atoms with Crippen LogP contribution < -0.4 is 44.1 Å². The first kappa shape index (κ1) is 42.8. The van der Waals surface area contributed by atoms with E-state index in [2.05, 4.69) is 286 Å². The van der Waals surface area contributed by atoms with Gasteiger partial charge in [-0.05, 0) is 113 Å². The molecule has 348 valence electrons. The fourth-order valence-electron chi connectivity index (χ4n) is 10.2.